The molecule has 0 radical (unpaired) electrons. The van der Waals surface area contributed by atoms with Gasteiger partial charge in [0, 0.05) is 6.42 Å². The van der Waals surface area contributed by atoms with Crippen molar-refractivity contribution in [3.05, 3.63) is 41.8 Å². The van der Waals surface area contributed by atoms with E-state index < -0.39 is 18.1 Å². The van der Waals surface area contributed by atoms with E-state index in [0.29, 0.717) is 24.0 Å². The Bertz CT molecular complexity index is 797. The predicted molar refractivity (Wildman–Crippen MR) is 117 cm³/mol. The summed E-state index contributed by atoms with van der Waals surface area (Å²) in [7, 11) is 0. The molecule has 2 N–H and O–H groups in total. The third-order valence-electron chi connectivity index (χ3n) is 3.90. The Hall–Kier alpha value is -1.74. The Morgan fingerprint density at radius 3 is 2.43 bits per heavy atom. The highest BCUT2D eigenvalue weighted by Gasteiger charge is 2.25. The summed E-state index contributed by atoms with van der Waals surface area (Å²) in [4.78, 5) is 12.1. The number of thioether (sulfide) groups is 1. The van der Waals surface area contributed by atoms with Gasteiger partial charge < -0.3 is 14.3 Å². The Balaban J connectivity index is 2.07. The van der Waals surface area contributed by atoms with Crippen LogP contribution in [-0.2, 0) is 16.0 Å². The van der Waals surface area contributed by atoms with E-state index in [4.69, 9.17) is 9.15 Å². The number of aliphatic hydroxyl groups excluding tert-OH is 1. The second kappa shape index (κ2) is 10.5. The van der Waals surface area contributed by atoms with Crippen LogP contribution in [0.15, 0.2) is 40.0 Å². The smallest absolute Gasteiger partial charge is 0.277 e. The average Bonchev–Trinajstić information content (AvgIpc) is 3.06. The average molecular weight is 436 g/mol. The maximum Gasteiger partial charge on any atom is 0.277 e. The third-order valence-corrected chi connectivity index (χ3v) is 4.77. The van der Waals surface area contributed by atoms with Crippen molar-refractivity contribution in [3.8, 4) is 0 Å². The number of aromatic nitrogens is 2. The van der Waals surface area contributed by atoms with Crippen LogP contribution in [0, 0.1) is 5.41 Å². The minimum Gasteiger partial charge on any atom is -0.414 e. The SMILES string of the molecule is CC(C)(C)CC(=O)CSc1nnc([C@H](Cc2ccccc2)NC(O)OC(C)(C)C)o1. The predicted octanol–water partition coefficient (Wildman–Crippen LogP) is 4.13. The Morgan fingerprint density at radius 2 is 1.83 bits per heavy atom. The fourth-order valence-electron chi connectivity index (χ4n) is 2.81. The zero-order valence-corrected chi connectivity index (χ0v) is 19.5. The molecule has 0 saturated carbocycles. The van der Waals surface area contributed by atoms with Crippen LogP contribution in [0.3, 0.4) is 0 Å². The molecule has 30 heavy (non-hydrogen) atoms. The number of Topliss-reactive ketones (excluding diaryl/α,β-unsaturated/α-hetero) is 1. The molecule has 0 aliphatic rings. The van der Waals surface area contributed by atoms with Crippen LogP contribution in [-0.4, -0.2) is 38.9 Å². The molecule has 0 bridgehead atoms. The number of hydrogen-bond acceptors (Lipinski definition) is 8. The highest BCUT2D eigenvalue weighted by atomic mass is 32.2. The third kappa shape index (κ3) is 9.38. The number of carbonyl (C=O) groups is 1. The van der Waals surface area contributed by atoms with Crippen LogP contribution in [0.1, 0.15) is 65.5 Å². The summed E-state index contributed by atoms with van der Waals surface area (Å²) in [5.41, 5.74) is 0.476. The van der Waals surface area contributed by atoms with Gasteiger partial charge in [-0.25, -0.2) is 0 Å². The zero-order valence-electron chi connectivity index (χ0n) is 18.6. The van der Waals surface area contributed by atoms with Gasteiger partial charge in [-0.15, -0.1) is 10.2 Å². The molecule has 1 heterocycles. The number of benzene rings is 1. The minimum absolute atomic E-state index is 0.0501. The molecule has 1 unspecified atom stereocenters. The van der Waals surface area contributed by atoms with Gasteiger partial charge in [-0.1, -0.05) is 62.9 Å². The lowest BCUT2D eigenvalue weighted by atomic mass is 9.90. The Labute approximate surface area is 183 Å². The van der Waals surface area contributed by atoms with Gasteiger partial charge in [0.2, 0.25) is 12.3 Å². The second-order valence-corrected chi connectivity index (χ2v) is 10.4. The van der Waals surface area contributed by atoms with Crippen molar-refractivity contribution < 1.29 is 19.1 Å². The van der Waals surface area contributed by atoms with Crippen molar-refractivity contribution in [1.29, 1.82) is 0 Å². The van der Waals surface area contributed by atoms with Crippen molar-refractivity contribution in [2.45, 2.75) is 77.7 Å². The minimum atomic E-state index is -1.20. The summed E-state index contributed by atoms with van der Waals surface area (Å²) in [6.45, 7) is 11.7. The van der Waals surface area contributed by atoms with E-state index in [1.807, 2.05) is 71.9 Å². The quantitative estimate of drug-likeness (QED) is 0.425. The van der Waals surface area contributed by atoms with Gasteiger partial charge in [0.1, 0.15) is 5.78 Å². The van der Waals surface area contributed by atoms with Crippen LogP contribution in [0.25, 0.3) is 0 Å². The zero-order chi connectivity index (χ0) is 22.4. The summed E-state index contributed by atoms with van der Waals surface area (Å²) in [5.74, 6) is 0.757. The molecule has 0 fully saturated rings. The summed E-state index contributed by atoms with van der Waals surface area (Å²) in [6, 6.07) is 9.37. The van der Waals surface area contributed by atoms with Crippen molar-refractivity contribution in [2.75, 3.05) is 5.75 Å². The second-order valence-electron chi connectivity index (χ2n) is 9.46. The topological polar surface area (TPSA) is 97.5 Å². The normalized spacial score (nSPS) is 14.5. The molecule has 8 heteroatoms. The van der Waals surface area contributed by atoms with Gasteiger partial charge in [-0.2, -0.15) is 0 Å². The number of nitrogens with one attached hydrogen (secondary N) is 1. The lowest BCUT2D eigenvalue weighted by Gasteiger charge is -2.27. The van der Waals surface area contributed by atoms with E-state index in [1.54, 1.807) is 0 Å². The van der Waals surface area contributed by atoms with Crippen molar-refractivity contribution in [1.82, 2.24) is 15.5 Å². The fourth-order valence-corrected chi connectivity index (χ4v) is 3.44. The summed E-state index contributed by atoms with van der Waals surface area (Å²) in [6.07, 6.45) is -0.175. The fraction of sp³-hybridized carbons (Fsp3) is 0.591. The summed E-state index contributed by atoms with van der Waals surface area (Å²) >= 11 is 1.23. The maximum absolute atomic E-state index is 12.1. The van der Waals surface area contributed by atoms with Crippen molar-refractivity contribution in [2.24, 2.45) is 5.41 Å². The molecule has 1 aromatic heterocycles. The lowest BCUT2D eigenvalue weighted by molar-refractivity contribution is -0.186. The first kappa shape index (κ1) is 24.5. The van der Waals surface area contributed by atoms with E-state index in [0.717, 1.165) is 5.56 Å². The molecule has 0 aliphatic heterocycles. The van der Waals surface area contributed by atoms with E-state index in [-0.39, 0.29) is 17.0 Å². The lowest BCUT2D eigenvalue weighted by Crippen LogP contribution is -2.40. The first-order valence-corrected chi connectivity index (χ1v) is 11.0. The standard InChI is InChI=1S/C22H33N3O4S/c1-21(2,3)13-16(26)14-30-20-25-24-18(28-20)17(12-15-10-8-7-9-11-15)23-19(27)29-22(4,5)6/h7-11,17,19,23,27H,12-14H2,1-6H3/t17-,19?/m0/s1. The molecule has 1 aromatic carbocycles. The van der Waals surface area contributed by atoms with Crippen LogP contribution >= 0.6 is 11.8 Å². The molecular weight excluding hydrogens is 402 g/mol. The largest absolute Gasteiger partial charge is 0.414 e. The van der Waals surface area contributed by atoms with E-state index in [1.165, 1.54) is 11.8 Å². The first-order chi connectivity index (χ1) is 13.9. The number of nitrogens with zero attached hydrogens (tertiary/aromatic N) is 2. The van der Waals surface area contributed by atoms with E-state index in [9.17, 15) is 9.90 Å². The highest BCUT2D eigenvalue weighted by molar-refractivity contribution is 7.99. The molecule has 0 aliphatic carbocycles. The number of ketones is 1. The summed E-state index contributed by atoms with van der Waals surface area (Å²) < 4.78 is 11.4. The first-order valence-electron chi connectivity index (χ1n) is 10.0. The molecule has 0 spiro atoms. The van der Waals surface area contributed by atoms with Gasteiger partial charge >= 0.3 is 0 Å². The van der Waals surface area contributed by atoms with Crippen LogP contribution in [0.2, 0.25) is 0 Å². The van der Waals surface area contributed by atoms with Gasteiger partial charge in [0.25, 0.3) is 5.22 Å². The number of hydrogen-bond donors (Lipinski definition) is 2. The molecule has 0 saturated heterocycles. The van der Waals surface area contributed by atoms with Gasteiger partial charge in [0.05, 0.1) is 17.4 Å². The number of carbonyl (C=O) groups excluding carboxylic acids is 1. The van der Waals surface area contributed by atoms with E-state index in [2.05, 4.69) is 15.5 Å². The summed E-state index contributed by atoms with van der Waals surface area (Å²) in [5, 5.41) is 21.9. The number of rotatable bonds is 10. The van der Waals surface area contributed by atoms with Crippen LogP contribution < -0.4 is 5.32 Å². The van der Waals surface area contributed by atoms with Crippen molar-refractivity contribution >= 4 is 17.5 Å². The maximum atomic E-state index is 12.1. The number of aliphatic hydroxyl groups is 1. The Kier molecular flexibility index (Phi) is 8.61. The van der Waals surface area contributed by atoms with E-state index >= 15 is 0 Å². The molecule has 166 valence electrons. The van der Waals surface area contributed by atoms with Crippen LogP contribution in [0.4, 0.5) is 0 Å². The molecule has 0 amide bonds. The molecule has 2 aromatic rings. The van der Waals surface area contributed by atoms with Crippen LogP contribution in [0.5, 0.6) is 0 Å². The van der Waals surface area contributed by atoms with Gasteiger partial charge in [-0.3, -0.25) is 10.1 Å². The van der Waals surface area contributed by atoms with Gasteiger partial charge in [0.15, 0.2) is 0 Å². The van der Waals surface area contributed by atoms with Gasteiger partial charge in [-0.05, 0) is 38.2 Å². The van der Waals surface area contributed by atoms with Crippen molar-refractivity contribution in [3.63, 3.8) is 0 Å². The number of ether oxygens (including phenoxy) is 1. The highest BCUT2D eigenvalue weighted by Crippen LogP contribution is 2.25. The Morgan fingerprint density at radius 1 is 1.17 bits per heavy atom. The molecule has 7 nitrogen and oxygen atoms in total. The molecule has 2 atom stereocenters. The monoisotopic (exact) mass is 435 g/mol. The molecule has 2 rings (SSSR count). The molecular formula is C22H33N3O4S.